The number of hydrogen-bond donors (Lipinski definition) is 5. The third-order valence-corrected chi connectivity index (χ3v) is 6.95. The lowest BCUT2D eigenvalue weighted by Gasteiger charge is -2.23. The van der Waals surface area contributed by atoms with E-state index in [1.807, 2.05) is 0 Å². The third-order valence-electron chi connectivity index (χ3n) is 4.80. The zero-order valence-electron chi connectivity index (χ0n) is 17.0. The highest BCUT2D eigenvalue weighted by Crippen LogP contribution is 2.58. The minimum absolute atomic E-state index is 0.114. The van der Waals surface area contributed by atoms with Crippen LogP contribution in [0.4, 0.5) is 5.95 Å². The van der Waals surface area contributed by atoms with Crippen LogP contribution in [0.25, 0.3) is 11.2 Å². The summed E-state index contributed by atoms with van der Waals surface area (Å²) in [5.74, 6) is -1.16. The molecule has 178 valence electrons. The second-order valence-corrected chi connectivity index (χ2v) is 10.6. The van der Waals surface area contributed by atoms with Crippen LogP contribution in [-0.2, 0) is 39.2 Å². The molecular weight excluding hydrogens is 476 g/mol. The lowest BCUT2D eigenvalue weighted by atomic mass is 10.1. The number of hydrogen-bond acceptors (Lipinski definition) is 10. The molecule has 32 heavy (non-hydrogen) atoms. The molecule has 0 spiro atoms. The number of nitrogens with two attached hydrogens (primary N) is 1. The van der Waals surface area contributed by atoms with Gasteiger partial charge in [-0.15, -0.1) is 0 Å². The second kappa shape index (κ2) is 7.67. The van der Waals surface area contributed by atoms with E-state index in [1.54, 1.807) is 27.2 Å². The maximum atomic E-state index is 12.3. The van der Waals surface area contributed by atoms with E-state index < -0.39 is 58.1 Å². The number of rotatable bonds is 6. The van der Waals surface area contributed by atoms with Crippen molar-refractivity contribution in [2.75, 3.05) is 12.3 Å². The molecule has 0 saturated carbocycles. The van der Waals surface area contributed by atoms with Crippen molar-refractivity contribution >= 4 is 32.8 Å². The number of nitrogens with zero attached hydrogens (tertiary/aromatic N) is 3. The van der Waals surface area contributed by atoms with Crippen molar-refractivity contribution in [3.8, 4) is 0 Å². The minimum atomic E-state index is -5.28. The van der Waals surface area contributed by atoms with Gasteiger partial charge in [-0.3, -0.25) is 14.3 Å². The first-order chi connectivity index (χ1) is 14.7. The van der Waals surface area contributed by atoms with Gasteiger partial charge in [-0.25, -0.2) is 13.7 Å². The van der Waals surface area contributed by atoms with E-state index in [1.165, 1.54) is 9.13 Å². The smallest absolute Gasteiger partial charge is 0.369 e. The van der Waals surface area contributed by atoms with E-state index in [4.69, 9.17) is 34.3 Å². The lowest BCUT2D eigenvalue weighted by molar-refractivity contribution is -0.646. The number of fused-ring (bicyclic) bond motifs is 2. The molecule has 0 aliphatic carbocycles. The SMILES string of the molecule is C[n+]1cn([C@@H]2O[C@H](COP(=O)(O)OP(=O)(O)O)[C@@H]3OC(C)(C)OC32)c2nc(N)[nH]c(=O)c21. The molecule has 6 N–H and O–H groups in total. The number of imidazole rings is 1. The Balaban J connectivity index is 1.65. The van der Waals surface area contributed by atoms with Gasteiger partial charge in [0.25, 0.3) is 11.2 Å². The van der Waals surface area contributed by atoms with Gasteiger partial charge in [0.15, 0.2) is 11.9 Å². The van der Waals surface area contributed by atoms with Crippen LogP contribution in [0.5, 0.6) is 0 Å². The highest BCUT2D eigenvalue weighted by Gasteiger charge is 2.58. The molecule has 18 heteroatoms. The van der Waals surface area contributed by atoms with E-state index in [-0.39, 0.29) is 17.1 Å². The minimum Gasteiger partial charge on any atom is -0.369 e. The number of phosphoric ester groups is 1. The fourth-order valence-corrected chi connectivity index (χ4v) is 5.40. The van der Waals surface area contributed by atoms with Crippen molar-refractivity contribution in [3.05, 3.63) is 16.7 Å². The topological polar surface area (TPSA) is 222 Å². The van der Waals surface area contributed by atoms with E-state index >= 15 is 0 Å². The molecule has 2 unspecified atom stereocenters. The average Bonchev–Trinajstić information content (AvgIpc) is 3.19. The zero-order chi connectivity index (χ0) is 23.6. The number of ether oxygens (including phenoxy) is 3. The van der Waals surface area contributed by atoms with Gasteiger partial charge < -0.3 is 34.6 Å². The standard InChI is InChI=1S/C14H21N5O11P2/c1-14(2)28-8-6(4-26-32(24,25)30-31(21,22)23)27-12(9(8)29-14)19-5-18(3)7-10(19)16-13(15)17-11(7)20/h5-6,8-9,12H,4H2,1-3H3,(H5-,15,16,17,20,21,22,23,24,25)/p+1/t6-,8+,9?,12-/m1/s1. The summed E-state index contributed by atoms with van der Waals surface area (Å²) in [7, 11) is -8.76. The van der Waals surface area contributed by atoms with Crippen molar-refractivity contribution < 1.29 is 51.4 Å². The number of aryl methyl sites for hydroxylation is 1. The number of phosphoric acid groups is 2. The Morgan fingerprint density at radius 2 is 1.97 bits per heavy atom. The first-order valence-electron chi connectivity index (χ1n) is 9.17. The van der Waals surface area contributed by atoms with Gasteiger partial charge >= 0.3 is 21.2 Å². The second-order valence-electron chi connectivity index (χ2n) is 7.72. The van der Waals surface area contributed by atoms with Gasteiger partial charge in [0.2, 0.25) is 18.5 Å². The molecule has 2 aromatic heterocycles. The summed E-state index contributed by atoms with van der Waals surface area (Å²) in [5, 5.41) is 0. The summed E-state index contributed by atoms with van der Waals surface area (Å²) in [6.07, 6.45) is -1.92. The molecule has 16 nitrogen and oxygen atoms in total. The average molecular weight is 498 g/mol. The van der Waals surface area contributed by atoms with Gasteiger partial charge in [0.1, 0.15) is 12.2 Å². The number of H-pyrrole nitrogens is 1. The summed E-state index contributed by atoms with van der Waals surface area (Å²) >= 11 is 0. The molecule has 2 saturated heterocycles. The Morgan fingerprint density at radius 1 is 1.31 bits per heavy atom. The summed E-state index contributed by atoms with van der Waals surface area (Å²) in [6, 6.07) is 0. The van der Waals surface area contributed by atoms with E-state index in [2.05, 4.69) is 14.3 Å². The largest absolute Gasteiger partial charge is 0.481 e. The van der Waals surface area contributed by atoms with Gasteiger partial charge in [-0.2, -0.15) is 13.9 Å². The summed E-state index contributed by atoms with van der Waals surface area (Å²) < 4.78 is 51.9. The van der Waals surface area contributed by atoms with Crippen LogP contribution < -0.4 is 15.9 Å². The number of nitrogens with one attached hydrogen (secondary N) is 1. The summed E-state index contributed by atoms with van der Waals surface area (Å²) in [5.41, 5.74) is 5.63. The fourth-order valence-electron chi connectivity index (χ4n) is 3.80. The third kappa shape index (κ3) is 4.52. The van der Waals surface area contributed by atoms with Crippen LogP contribution in [0.1, 0.15) is 20.1 Å². The van der Waals surface area contributed by atoms with Crippen LogP contribution >= 0.6 is 15.6 Å². The first-order valence-corrected chi connectivity index (χ1v) is 12.2. The van der Waals surface area contributed by atoms with Gasteiger partial charge in [-0.05, 0) is 13.8 Å². The van der Waals surface area contributed by atoms with Crippen LogP contribution in [0.2, 0.25) is 0 Å². The van der Waals surface area contributed by atoms with Gasteiger partial charge in [0.05, 0.1) is 13.7 Å². The molecule has 4 heterocycles. The van der Waals surface area contributed by atoms with Crippen molar-refractivity contribution in [1.29, 1.82) is 0 Å². The zero-order valence-corrected chi connectivity index (χ0v) is 18.8. The lowest BCUT2D eigenvalue weighted by Crippen LogP contribution is -2.32. The molecule has 0 aromatic carbocycles. The first kappa shape index (κ1) is 23.4. The predicted octanol–water partition coefficient (Wildman–Crippen LogP) is -1.22. The van der Waals surface area contributed by atoms with Crippen LogP contribution in [-0.4, -0.2) is 59.9 Å². The Hall–Kier alpha value is -1.71. The Bertz CT molecular complexity index is 1210. The molecule has 2 fully saturated rings. The monoisotopic (exact) mass is 498 g/mol. The summed E-state index contributed by atoms with van der Waals surface area (Å²) in [6.45, 7) is 2.69. The van der Waals surface area contributed by atoms with Crippen molar-refractivity contribution in [3.63, 3.8) is 0 Å². The van der Waals surface area contributed by atoms with Crippen LogP contribution in [0.3, 0.4) is 0 Å². The Labute approximate surface area is 179 Å². The number of aromatic amines is 1. The normalized spacial score (nSPS) is 29.3. The molecule has 5 atom stereocenters. The molecule has 2 aromatic rings. The van der Waals surface area contributed by atoms with E-state index in [9.17, 15) is 18.8 Å². The van der Waals surface area contributed by atoms with Gasteiger partial charge in [0, 0.05) is 0 Å². The maximum Gasteiger partial charge on any atom is 0.481 e. The number of nitrogen functional groups attached to an aromatic ring is 1. The highest BCUT2D eigenvalue weighted by atomic mass is 31.3. The Kier molecular flexibility index (Phi) is 5.62. The van der Waals surface area contributed by atoms with Crippen LogP contribution in [0, 0.1) is 0 Å². The molecule has 0 amide bonds. The molecule has 4 rings (SSSR count). The maximum absolute atomic E-state index is 12.3. The van der Waals surface area contributed by atoms with E-state index in [0.29, 0.717) is 0 Å². The Morgan fingerprint density at radius 3 is 2.62 bits per heavy atom. The summed E-state index contributed by atoms with van der Waals surface area (Å²) in [4.78, 5) is 45.9. The van der Waals surface area contributed by atoms with Crippen LogP contribution in [0.15, 0.2) is 11.1 Å². The molecule has 0 radical (unpaired) electrons. The molecule has 2 aliphatic heterocycles. The molecule has 2 aliphatic rings. The van der Waals surface area contributed by atoms with E-state index in [0.717, 1.165) is 0 Å². The van der Waals surface area contributed by atoms with Crippen molar-refractivity contribution in [1.82, 2.24) is 14.5 Å². The van der Waals surface area contributed by atoms with Crippen molar-refractivity contribution in [2.24, 2.45) is 7.05 Å². The predicted molar refractivity (Wildman–Crippen MR) is 103 cm³/mol. The van der Waals surface area contributed by atoms with Crippen molar-refractivity contribution in [2.45, 2.75) is 44.2 Å². The number of anilines is 1. The van der Waals surface area contributed by atoms with Gasteiger partial charge in [-0.1, -0.05) is 0 Å². The highest BCUT2D eigenvalue weighted by molar-refractivity contribution is 7.60. The molecule has 0 bridgehead atoms. The number of aromatic nitrogens is 4. The fraction of sp³-hybridized carbons (Fsp3) is 0.643. The molecular formula is C14H22N5O11P2+. The quantitative estimate of drug-likeness (QED) is 0.233.